The number of anilines is 1. The van der Waals surface area contributed by atoms with E-state index in [-0.39, 0.29) is 16.1 Å². The number of aryl methyl sites for hydroxylation is 1. The van der Waals surface area contributed by atoms with E-state index in [0.29, 0.717) is 0 Å². The van der Waals surface area contributed by atoms with E-state index in [0.717, 1.165) is 5.56 Å². The molecule has 0 aromatic heterocycles. The Morgan fingerprint density at radius 2 is 1.76 bits per heavy atom. The first-order valence-corrected chi connectivity index (χ1v) is 7.62. The lowest BCUT2D eigenvalue weighted by Gasteiger charge is -2.12. The van der Waals surface area contributed by atoms with E-state index in [1.165, 1.54) is 18.2 Å². The van der Waals surface area contributed by atoms with E-state index < -0.39 is 15.9 Å². The molecule has 0 aliphatic rings. The molecule has 2 rings (SSSR count). The first-order valence-electron chi connectivity index (χ1n) is 6.13. The van der Waals surface area contributed by atoms with Crippen molar-refractivity contribution in [2.75, 3.05) is 4.72 Å². The fourth-order valence-corrected chi connectivity index (χ4v) is 2.91. The molecule has 0 spiro atoms. The van der Waals surface area contributed by atoms with Crippen molar-refractivity contribution in [1.82, 2.24) is 5.43 Å². The predicted octanol–water partition coefficient (Wildman–Crippen LogP) is 1.40. The van der Waals surface area contributed by atoms with Gasteiger partial charge in [0.05, 0.1) is 16.1 Å². The van der Waals surface area contributed by atoms with Crippen molar-refractivity contribution < 1.29 is 13.2 Å². The van der Waals surface area contributed by atoms with Crippen LogP contribution in [-0.4, -0.2) is 14.3 Å². The SMILES string of the molecule is Cc1ccc(C(=O)NN)c(NS(=O)(=O)c2ccccc2)c1. The Hall–Kier alpha value is -2.38. The summed E-state index contributed by atoms with van der Waals surface area (Å²) in [6.07, 6.45) is 0. The van der Waals surface area contributed by atoms with Crippen LogP contribution < -0.4 is 16.0 Å². The van der Waals surface area contributed by atoms with Gasteiger partial charge >= 0.3 is 0 Å². The monoisotopic (exact) mass is 305 g/mol. The Bertz CT molecular complexity index is 758. The van der Waals surface area contributed by atoms with E-state index in [4.69, 9.17) is 5.84 Å². The zero-order valence-corrected chi connectivity index (χ0v) is 12.1. The van der Waals surface area contributed by atoms with Crippen LogP contribution >= 0.6 is 0 Å². The van der Waals surface area contributed by atoms with Gasteiger partial charge in [-0.2, -0.15) is 0 Å². The minimum absolute atomic E-state index is 0.116. The number of carbonyl (C=O) groups excluding carboxylic acids is 1. The number of sulfonamides is 1. The summed E-state index contributed by atoms with van der Waals surface area (Å²) < 4.78 is 27.0. The first kappa shape index (κ1) is 15.0. The number of nitrogen functional groups attached to an aromatic ring is 1. The molecule has 0 radical (unpaired) electrons. The second-order valence-electron chi connectivity index (χ2n) is 4.44. The number of rotatable bonds is 4. The van der Waals surface area contributed by atoms with Crippen molar-refractivity contribution in [3.63, 3.8) is 0 Å². The van der Waals surface area contributed by atoms with Crippen molar-refractivity contribution >= 4 is 21.6 Å². The second-order valence-corrected chi connectivity index (χ2v) is 6.12. The third-order valence-electron chi connectivity index (χ3n) is 2.85. The van der Waals surface area contributed by atoms with Gasteiger partial charge in [0.1, 0.15) is 0 Å². The maximum absolute atomic E-state index is 12.3. The summed E-state index contributed by atoms with van der Waals surface area (Å²) in [4.78, 5) is 11.8. The molecule has 0 bridgehead atoms. The number of nitrogens with one attached hydrogen (secondary N) is 2. The molecule has 0 atom stereocenters. The third kappa shape index (κ3) is 3.39. The van der Waals surface area contributed by atoms with Gasteiger partial charge in [-0.05, 0) is 36.8 Å². The van der Waals surface area contributed by atoms with E-state index in [1.54, 1.807) is 37.3 Å². The highest BCUT2D eigenvalue weighted by molar-refractivity contribution is 7.92. The number of benzene rings is 2. The summed E-state index contributed by atoms with van der Waals surface area (Å²) in [5.41, 5.74) is 3.14. The van der Waals surface area contributed by atoms with Gasteiger partial charge < -0.3 is 0 Å². The molecule has 0 unspecified atom stereocenters. The molecule has 0 aliphatic carbocycles. The van der Waals surface area contributed by atoms with Crippen molar-refractivity contribution in [2.45, 2.75) is 11.8 Å². The average Bonchev–Trinajstić information content (AvgIpc) is 2.47. The van der Waals surface area contributed by atoms with Crippen LogP contribution in [0.3, 0.4) is 0 Å². The molecule has 4 N–H and O–H groups in total. The largest absolute Gasteiger partial charge is 0.290 e. The maximum Gasteiger partial charge on any atom is 0.267 e. The zero-order chi connectivity index (χ0) is 15.5. The van der Waals surface area contributed by atoms with Gasteiger partial charge in [-0.1, -0.05) is 24.3 Å². The first-order chi connectivity index (χ1) is 9.94. The average molecular weight is 305 g/mol. The summed E-state index contributed by atoms with van der Waals surface area (Å²) in [6.45, 7) is 1.80. The molecule has 2 aromatic carbocycles. The molecule has 7 heteroatoms. The number of hydrogen-bond acceptors (Lipinski definition) is 4. The lowest BCUT2D eigenvalue weighted by Crippen LogP contribution is -2.31. The quantitative estimate of drug-likeness (QED) is 0.451. The predicted molar refractivity (Wildman–Crippen MR) is 80.1 cm³/mol. The van der Waals surface area contributed by atoms with Crippen LogP contribution in [-0.2, 0) is 10.0 Å². The van der Waals surface area contributed by atoms with E-state index in [2.05, 4.69) is 4.72 Å². The summed E-state index contributed by atoms with van der Waals surface area (Å²) in [6, 6.07) is 12.7. The number of carbonyl (C=O) groups is 1. The third-order valence-corrected chi connectivity index (χ3v) is 4.23. The Morgan fingerprint density at radius 1 is 1.10 bits per heavy atom. The van der Waals surface area contributed by atoms with E-state index >= 15 is 0 Å². The van der Waals surface area contributed by atoms with Gasteiger partial charge in [-0.3, -0.25) is 14.9 Å². The van der Waals surface area contributed by atoms with Crippen molar-refractivity contribution in [1.29, 1.82) is 0 Å². The van der Waals surface area contributed by atoms with Gasteiger partial charge in [-0.15, -0.1) is 0 Å². The van der Waals surface area contributed by atoms with Crippen LogP contribution in [0.5, 0.6) is 0 Å². The summed E-state index contributed by atoms with van der Waals surface area (Å²) in [7, 11) is -3.77. The van der Waals surface area contributed by atoms with Crippen LogP contribution in [0.25, 0.3) is 0 Å². The summed E-state index contributed by atoms with van der Waals surface area (Å²) in [5.74, 6) is 4.54. The topological polar surface area (TPSA) is 101 Å². The summed E-state index contributed by atoms with van der Waals surface area (Å²) >= 11 is 0. The molecule has 110 valence electrons. The number of hydrazine groups is 1. The lowest BCUT2D eigenvalue weighted by molar-refractivity contribution is 0.0954. The minimum Gasteiger partial charge on any atom is -0.290 e. The lowest BCUT2D eigenvalue weighted by atomic mass is 10.1. The van der Waals surface area contributed by atoms with Crippen LogP contribution in [0.4, 0.5) is 5.69 Å². The second kappa shape index (κ2) is 5.94. The fourth-order valence-electron chi connectivity index (χ4n) is 1.82. The molecule has 1 amide bonds. The fraction of sp³-hybridized carbons (Fsp3) is 0.0714. The van der Waals surface area contributed by atoms with Crippen LogP contribution in [0.2, 0.25) is 0 Å². The Kier molecular flexibility index (Phi) is 4.25. The zero-order valence-electron chi connectivity index (χ0n) is 11.3. The van der Waals surface area contributed by atoms with E-state index in [1.807, 2.05) is 5.43 Å². The molecular formula is C14H15N3O3S. The van der Waals surface area contributed by atoms with Gasteiger partial charge in [0, 0.05) is 0 Å². The molecule has 0 aliphatic heterocycles. The van der Waals surface area contributed by atoms with Gasteiger partial charge in [0.2, 0.25) is 0 Å². The molecule has 6 nitrogen and oxygen atoms in total. The highest BCUT2D eigenvalue weighted by atomic mass is 32.2. The molecule has 2 aromatic rings. The maximum atomic E-state index is 12.3. The Labute approximate surface area is 123 Å². The molecule has 21 heavy (non-hydrogen) atoms. The number of amides is 1. The van der Waals surface area contributed by atoms with Crippen molar-refractivity contribution in [3.05, 3.63) is 59.7 Å². The summed E-state index contributed by atoms with van der Waals surface area (Å²) in [5, 5.41) is 0. The highest BCUT2D eigenvalue weighted by Gasteiger charge is 2.18. The van der Waals surface area contributed by atoms with Crippen LogP contribution in [0.1, 0.15) is 15.9 Å². The van der Waals surface area contributed by atoms with Crippen LogP contribution in [0.15, 0.2) is 53.4 Å². The number of nitrogens with two attached hydrogens (primary N) is 1. The number of hydrogen-bond donors (Lipinski definition) is 3. The molecule has 0 fully saturated rings. The van der Waals surface area contributed by atoms with Crippen LogP contribution in [0, 0.1) is 6.92 Å². The van der Waals surface area contributed by atoms with Gasteiger partial charge in [0.25, 0.3) is 15.9 Å². The Balaban J connectivity index is 2.44. The van der Waals surface area contributed by atoms with Gasteiger partial charge in [0.15, 0.2) is 0 Å². The highest BCUT2D eigenvalue weighted by Crippen LogP contribution is 2.21. The molecule has 0 saturated heterocycles. The smallest absolute Gasteiger partial charge is 0.267 e. The molecular weight excluding hydrogens is 290 g/mol. The molecule has 0 saturated carbocycles. The van der Waals surface area contributed by atoms with E-state index in [9.17, 15) is 13.2 Å². The van der Waals surface area contributed by atoms with Crippen molar-refractivity contribution in [3.8, 4) is 0 Å². The minimum atomic E-state index is -3.77. The molecule has 0 heterocycles. The Morgan fingerprint density at radius 3 is 2.38 bits per heavy atom. The normalized spacial score (nSPS) is 11.0. The van der Waals surface area contributed by atoms with Gasteiger partial charge in [-0.25, -0.2) is 14.3 Å². The standard InChI is InChI=1S/C14H15N3O3S/c1-10-7-8-12(14(18)16-15)13(9-10)17-21(19,20)11-5-3-2-4-6-11/h2-9,17H,15H2,1H3,(H,16,18). The van der Waals surface area contributed by atoms with Crippen molar-refractivity contribution in [2.24, 2.45) is 5.84 Å².